The van der Waals surface area contributed by atoms with Crippen LogP contribution in [0.3, 0.4) is 0 Å². The molecule has 1 rings (SSSR count). The first-order valence-corrected chi connectivity index (χ1v) is 4.32. The van der Waals surface area contributed by atoms with Gasteiger partial charge in [0.15, 0.2) is 23.1 Å². The Bertz CT molecular complexity index is 364. The fraction of sp³-hybridized carbons (Fsp3) is 0.300. The van der Waals surface area contributed by atoms with Gasteiger partial charge in [-0.3, -0.25) is 0 Å². The third-order valence-corrected chi connectivity index (χ3v) is 2.14. The van der Waals surface area contributed by atoms with E-state index in [0.717, 1.165) is 0 Å². The summed E-state index contributed by atoms with van der Waals surface area (Å²) in [5.74, 6) is -4.68. The second-order valence-electron chi connectivity index (χ2n) is 3.26. The van der Waals surface area contributed by atoms with Crippen molar-refractivity contribution in [2.45, 2.75) is 19.3 Å². The minimum absolute atomic E-state index is 0.0866. The molecule has 0 heterocycles. The molecule has 0 saturated carbocycles. The summed E-state index contributed by atoms with van der Waals surface area (Å²) in [5, 5.41) is 18.1. The Morgan fingerprint density at radius 3 is 2.20 bits per heavy atom. The van der Waals surface area contributed by atoms with E-state index in [1.807, 2.05) is 0 Å². The van der Waals surface area contributed by atoms with Gasteiger partial charge < -0.3 is 15.0 Å². The van der Waals surface area contributed by atoms with E-state index in [2.05, 4.69) is 0 Å². The maximum Gasteiger partial charge on any atom is 0.171 e. The van der Waals surface area contributed by atoms with Gasteiger partial charge in [0.25, 0.3) is 0 Å². The highest BCUT2D eigenvalue weighted by molar-refractivity contribution is 5.52. The first-order valence-electron chi connectivity index (χ1n) is 4.32. The van der Waals surface area contributed by atoms with Crippen molar-refractivity contribution in [3.8, 4) is 11.5 Å². The number of carbonyl (C=O) groups is 1. The molecule has 0 aromatic heterocycles. The molecular formula is C10H10F2O3. The smallest absolute Gasteiger partial charge is 0.171 e. The van der Waals surface area contributed by atoms with Crippen LogP contribution in [0.2, 0.25) is 0 Å². The first-order chi connectivity index (χ1) is 6.99. The van der Waals surface area contributed by atoms with Crippen LogP contribution in [0.25, 0.3) is 0 Å². The molecule has 1 aromatic carbocycles. The molecule has 5 heteroatoms. The predicted octanol–water partition coefficient (Wildman–Crippen LogP) is 2.07. The van der Waals surface area contributed by atoms with Crippen LogP contribution in [0.5, 0.6) is 11.5 Å². The Balaban J connectivity index is 3.31. The summed E-state index contributed by atoms with van der Waals surface area (Å²) in [6, 6.07) is 0.585. The molecule has 15 heavy (non-hydrogen) atoms. The van der Waals surface area contributed by atoms with E-state index >= 15 is 0 Å². The second-order valence-corrected chi connectivity index (χ2v) is 3.26. The van der Waals surface area contributed by atoms with Gasteiger partial charge in [0, 0.05) is 18.1 Å². The molecular weight excluding hydrogens is 206 g/mol. The van der Waals surface area contributed by atoms with E-state index in [1.54, 1.807) is 0 Å². The number of benzene rings is 1. The molecule has 0 aliphatic heterocycles. The highest BCUT2D eigenvalue weighted by Crippen LogP contribution is 2.34. The van der Waals surface area contributed by atoms with Gasteiger partial charge in [-0.25, -0.2) is 8.78 Å². The maximum atomic E-state index is 13.3. The lowest BCUT2D eigenvalue weighted by atomic mass is 9.96. The van der Waals surface area contributed by atoms with Crippen molar-refractivity contribution in [3.63, 3.8) is 0 Å². The molecule has 1 unspecified atom stereocenters. The lowest BCUT2D eigenvalue weighted by Crippen LogP contribution is -2.02. The molecule has 0 amide bonds. The summed E-state index contributed by atoms with van der Waals surface area (Å²) in [4.78, 5) is 10.2. The van der Waals surface area contributed by atoms with Gasteiger partial charge in [0.1, 0.15) is 6.29 Å². The van der Waals surface area contributed by atoms with Crippen LogP contribution in [0, 0.1) is 11.6 Å². The van der Waals surface area contributed by atoms with E-state index in [-0.39, 0.29) is 6.42 Å². The highest BCUT2D eigenvalue weighted by Gasteiger charge is 2.22. The van der Waals surface area contributed by atoms with E-state index < -0.39 is 34.6 Å². The standard InChI is InChI=1S/C10H10F2O3/c1-5(2-3-13)8-9(11)6(14)4-7(15)10(8)12/h3-5,14-15H,2H2,1H3. The molecule has 1 atom stereocenters. The number of aldehydes is 1. The van der Waals surface area contributed by atoms with Crippen LogP contribution in [0.4, 0.5) is 8.78 Å². The first kappa shape index (κ1) is 11.4. The van der Waals surface area contributed by atoms with Crippen LogP contribution >= 0.6 is 0 Å². The van der Waals surface area contributed by atoms with E-state index in [4.69, 9.17) is 10.2 Å². The van der Waals surface area contributed by atoms with Gasteiger partial charge in [-0.1, -0.05) is 6.92 Å². The summed E-state index contributed by atoms with van der Waals surface area (Å²) in [6.45, 7) is 1.43. The molecule has 0 bridgehead atoms. The highest BCUT2D eigenvalue weighted by atomic mass is 19.1. The molecule has 0 spiro atoms. The van der Waals surface area contributed by atoms with Gasteiger partial charge in [-0.2, -0.15) is 0 Å². The number of hydrogen-bond donors (Lipinski definition) is 2. The van der Waals surface area contributed by atoms with Gasteiger partial charge in [-0.05, 0) is 5.92 Å². The summed E-state index contributed by atoms with van der Waals surface area (Å²) in [6.07, 6.45) is 0.432. The topological polar surface area (TPSA) is 57.5 Å². The number of phenols is 2. The zero-order chi connectivity index (χ0) is 11.6. The van der Waals surface area contributed by atoms with Crippen molar-refractivity contribution in [1.82, 2.24) is 0 Å². The predicted molar refractivity (Wildman–Crippen MR) is 48.8 cm³/mol. The summed E-state index contributed by atoms with van der Waals surface area (Å²) in [5.41, 5.74) is -0.473. The molecule has 0 aliphatic rings. The minimum Gasteiger partial charge on any atom is -0.505 e. The van der Waals surface area contributed by atoms with E-state index in [9.17, 15) is 13.6 Å². The van der Waals surface area contributed by atoms with Crippen molar-refractivity contribution in [2.24, 2.45) is 0 Å². The Kier molecular flexibility index (Phi) is 3.24. The quantitative estimate of drug-likeness (QED) is 0.760. The molecule has 0 radical (unpaired) electrons. The van der Waals surface area contributed by atoms with Crippen LogP contribution in [0.15, 0.2) is 6.07 Å². The van der Waals surface area contributed by atoms with E-state index in [0.29, 0.717) is 12.4 Å². The van der Waals surface area contributed by atoms with Crippen LogP contribution < -0.4 is 0 Å². The zero-order valence-electron chi connectivity index (χ0n) is 8.00. The second kappa shape index (κ2) is 4.25. The van der Waals surface area contributed by atoms with Gasteiger partial charge >= 0.3 is 0 Å². The molecule has 2 N–H and O–H groups in total. The van der Waals surface area contributed by atoms with E-state index in [1.165, 1.54) is 6.92 Å². The number of phenolic OH excluding ortho intramolecular Hbond substituents is 2. The van der Waals surface area contributed by atoms with Gasteiger partial charge in [0.2, 0.25) is 0 Å². The summed E-state index contributed by atoms with van der Waals surface area (Å²) >= 11 is 0. The van der Waals surface area contributed by atoms with Crippen molar-refractivity contribution in [2.75, 3.05) is 0 Å². The van der Waals surface area contributed by atoms with Crippen LogP contribution in [0.1, 0.15) is 24.8 Å². The van der Waals surface area contributed by atoms with Crippen molar-refractivity contribution < 1.29 is 23.8 Å². The summed E-state index contributed by atoms with van der Waals surface area (Å²) < 4.78 is 26.6. The number of rotatable bonds is 3. The Morgan fingerprint density at radius 1 is 1.33 bits per heavy atom. The Hall–Kier alpha value is -1.65. The lowest BCUT2D eigenvalue weighted by molar-refractivity contribution is -0.108. The molecule has 3 nitrogen and oxygen atoms in total. The Labute approximate surface area is 85.0 Å². The fourth-order valence-electron chi connectivity index (χ4n) is 1.32. The number of halogens is 2. The van der Waals surface area contributed by atoms with Crippen LogP contribution in [-0.4, -0.2) is 16.5 Å². The monoisotopic (exact) mass is 216 g/mol. The van der Waals surface area contributed by atoms with Gasteiger partial charge in [-0.15, -0.1) is 0 Å². The number of hydrogen-bond acceptors (Lipinski definition) is 3. The minimum atomic E-state index is -1.14. The lowest BCUT2D eigenvalue weighted by Gasteiger charge is -2.12. The number of aromatic hydroxyl groups is 2. The molecule has 0 fully saturated rings. The molecule has 0 saturated heterocycles. The van der Waals surface area contributed by atoms with Gasteiger partial charge in [0.05, 0.1) is 0 Å². The average Bonchev–Trinajstić information content (AvgIpc) is 2.16. The normalized spacial score (nSPS) is 12.5. The van der Waals surface area contributed by atoms with Crippen LogP contribution in [-0.2, 0) is 4.79 Å². The average molecular weight is 216 g/mol. The largest absolute Gasteiger partial charge is 0.505 e. The Morgan fingerprint density at radius 2 is 1.80 bits per heavy atom. The zero-order valence-corrected chi connectivity index (χ0v) is 8.00. The SMILES string of the molecule is CC(CC=O)c1c(F)c(O)cc(O)c1F. The third-order valence-electron chi connectivity index (χ3n) is 2.14. The van der Waals surface area contributed by atoms with Crippen molar-refractivity contribution in [1.29, 1.82) is 0 Å². The summed E-state index contributed by atoms with van der Waals surface area (Å²) in [7, 11) is 0. The molecule has 0 aliphatic carbocycles. The fourth-order valence-corrected chi connectivity index (χ4v) is 1.32. The number of carbonyl (C=O) groups excluding carboxylic acids is 1. The van der Waals surface area contributed by atoms with Crippen molar-refractivity contribution in [3.05, 3.63) is 23.3 Å². The molecule has 82 valence electrons. The maximum absolute atomic E-state index is 13.3. The third kappa shape index (κ3) is 2.06. The molecule has 1 aromatic rings. The van der Waals surface area contributed by atoms with Crippen molar-refractivity contribution >= 4 is 6.29 Å².